The summed E-state index contributed by atoms with van der Waals surface area (Å²) >= 11 is 0. The summed E-state index contributed by atoms with van der Waals surface area (Å²) in [6.07, 6.45) is -1.98. The lowest BCUT2D eigenvalue weighted by molar-refractivity contribution is -0.131. The average Bonchev–Trinajstić information content (AvgIpc) is 3.00. The first kappa shape index (κ1) is 18.6. The number of rotatable bonds is 6. The summed E-state index contributed by atoms with van der Waals surface area (Å²) in [7, 11) is 0. The Morgan fingerprint density at radius 1 is 1.17 bits per heavy atom. The van der Waals surface area contributed by atoms with E-state index in [9.17, 15) is 18.0 Å². The molecule has 1 aromatic rings. The number of nitrogens with zero attached hydrogens (tertiary/aromatic N) is 1. The topological polar surface area (TPSA) is 44.4 Å². The Bertz CT molecular complexity index is 537. The highest BCUT2D eigenvalue weighted by Gasteiger charge is 2.31. The van der Waals surface area contributed by atoms with E-state index in [-0.39, 0.29) is 5.92 Å². The molecule has 1 aliphatic rings. The summed E-state index contributed by atoms with van der Waals surface area (Å²) in [5, 5.41) is 4.98. The quantitative estimate of drug-likeness (QED) is 0.832. The third-order valence-corrected chi connectivity index (χ3v) is 4.08. The summed E-state index contributed by atoms with van der Waals surface area (Å²) in [6, 6.07) is 6.52. The molecule has 1 heterocycles. The Kier molecular flexibility index (Phi) is 6.10. The summed E-state index contributed by atoms with van der Waals surface area (Å²) in [5.41, 5.74) is 1.68. The molecule has 0 bridgehead atoms. The minimum atomic E-state index is -4.34. The Balaban J connectivity index is 1.95. The number of hydrogen-bond acceptors (Lipinski definition) is 3. The first-order valence-electron chi connectivity index (χ1n) is 8.22. The van der Waals surface area contributed by atoms with E-state index in [1.54, 1.807) is 26.0 Å². The van der Waals surface area contributed by atoms with Crippen LogP contribution in [-0.2, 0) is 4.79 Å². The van der Waals surface area contributed by atoms with Gasteiger partial charge in [0.05, 0.1) is 12.6 Å². The maximum atomic E-state index is 12.4. The van der Waals surface area contributed by atoms with E-state index in [0.717, 1.165) is 18.8 Å². The van der Waals surface area contributed by atoms with Crippen LogP contribution in [0.25, 0.3) is 0 Å². The number of alkyl halides is 3. The molecule has 1 fully saturated rings. The standard InChI is InChI=1S/C17H24F3N3O/c1-12(2)15(21-11-17(18,19)20)16(24)22-13-5-7-14(8-6-13)23-9-3-4-10-23/h5-8,12,15,21H,3-4,9-11H2,1-2H3,(H,22,24)/t15-/m0/s1. The van der Waals surface area contributed by atoms with E-state index in [4.69, 9.17) is 0 Å². The highest BCUT2D eigenvalue weighted by atomic mass is 19.4. The molecule has 1 atom stereocenters. The van der Waals surface area contributed by atoms with Gasteiger partial charge in [-0.3, -0.25) is 10.1 Å². The highest BCUT2D eigenvalue weighted by Crippen LogP contribution is 2.22. The Morgan fingerprint density at radius 2 is 1.75 bits per heavy atom. The van der Waals surface area contributed by atoms with Crippen LogP contribution in [0.15, 0.2) is 24.3 Å². The van der Waals surface area contributed by atoms with Gasteiger partial charge in [0, 0.05) is 24.5 Å². The van der Waals surface area contributed by atoms with Gasteiger partial charge in [0.25, 0.3) is 0 Å². The van der Waals surface area contributed by atoms with Crippen LogP contribution >= 0.6 is 0 Å². The second-order valence-electron chi connectivity index (χ2n) is 6.45. The van der Waals surface area contributed by atoms with Gasteiger partial charge < -0.3 is 10.2 Å². The smallest absolute Gasteiger partial charge is 0.372 e. The van der Waals surface area contributed by atoms with Crippen LogP contribution in [0.5, 0.6) is 0 Å². The monoisotopic (exact) mass is 343 g/mol. The van der Waals surface area contributed by atoms with Gasteiger partial charge in [0.1, 0.15) is 0 Å². The van der Waals surface area contributed by atoms with E-state index in [2.05, 4.69) is 15.5 Å². The van der Waals surface area contributed by atoms with Gasteiger partial charge in [-0.1, -0.05) is 13.8 Å². The molecule has 1 aromatic carbocycles. The van der Waals surface area contributed by atoms with E-state index in [0.29, 0.717) is 5.69 Å². The molecule has 2 rings (SSSR count). The number of carbonyl (C=O) groups is 1. The zero-order valence-electron chi connectivity index (χ0n) is 14.0. The van der Waals surface area contributed by atoms with Crippen molar-refractivity contribution in [2.24, 2.45) is 5.92 Å². The van der Waals surface area contributed by atoms with Crippen molar-refractivity contribution in [1.82, 2.24) is 5.32 Å². The van der Waals surface area contributed by atoms with Crippen molar-refractivity contribution in [2.45, 2.75) is 38.9 Å². The van der Waals surface area contributed by atoms with Crippen LogP contribution in [0.3, 0.4) is 0 Å². The van der Waals surface area contributed by atoms with Crippen LogP contribution in [0, 0.1) is 5.92 Å². The van der Waals surface area contributed by atoms with E-state index in [1.165, 1.54) is 12.8 Å². The van der Waals surface area contributed by atoms with Crippen LogP contribution in [0.2, 0.25) is 0 Å². The largest absolute Gasteiger partial charge is 0.401 e. The molecular formula is C17H24F3N3O. The van der Waals surface area contributed by atoms with Crippen LogP contribution in [0.1, 0.15) is 26.7 Å². The van der Waals surface area contributed by atoms with Crippen molar-refractivity contribution in [1.29, 1.82) is 0 Å². The van der Waals surface area contributed by atoms with Gasteiger partial charge in [-0.05, 0) is 43.0 Å². The molecule has 4 nitrogen and oxygen atoms in total. The summed E-state index contributed by atoms with van der Waals surface area (Å²) in [4.78, 5) is 14.5. The molecule has 0 radical (unpaired) electrons. The molecule has 134 valence electrons. The average molecular weight is 343 g/mol. The van der Waals surface area contributed by atoms with Crippen molar-refractivity contribution < 1.29 is 18.0 Å². The minimum Gasteiger partial charge on any atom is -0.372 e. The molecule has 24 heavy (non-hydrogen) atoms. The van der Waals surface area contributed by atoms with E-state index in [1.807, 2.05) is 12.1 Å². The second-order valence-corrected chi connectivity index (χ2v) is 6.45. The number of hydrogen-bond donors (Lipinski definition) is 2. The molecule has 0 spiro atoms. The molecule has 1 amide bonds. The summed E-state index contributed by atoms with van der Waals surface area (Å²) < 4.78 is 37.1. The molecule has 2 N–H and O–H groups in total. The third-order valence-electron chi connectivity index (χ3n) is 4.08. The molecule has 0 saturated carbocycles. The first-order valence-corrected chi connectivity index (χ1v) is 8.22. The second kappa shape index (κ2) is 7.88. The lowest BCUT2D eigenvalue weighted by Gasteiger charge is -2.23. The highest BCUT2D eigenvalue weighted by molar-refractivity contribution is 5.95. The molecule has 0 unspecified atom stereocenters. The van der Waals surface area contributed by atoms with Crippen LogP contribution in [-0.4, -0.2) is 37.8 Å². The number of nitrogens with one attached hydrogen (secondary N) is 2. The van der Waals surface area contributed by atoms with Gasteiger partial charge in [-0.2, -0.15) is 13.2 Å². The lowest BCUT2D eigenvalue weighted by Crippen LogP contribution is -2.47. The Morgan fingerprint density at radius 3 is 2.25 bits per heavy atom. The van der Waals surface area contributed by atoms with Crippen molar-refractivity contribution in [3.8, 4) is 0 Å². The molecule has 1 saturated heterocycles. The van der Waals surface area contributed by atoms with Crippen molar-refractivity contribution in [3.63, 3.8) is 0 Å². The summed E-state index contributed by atoms with van der Waals surface area (Å²) in [6.45, 7) is 4.30. The zero-order valence-corrected chi connectivity index (χ0v) is 14.0. The van der Waals surface area contributed by atoms with E-state index < -0.39 is 24.7 Å². The summed E-state index contributed by atoms with van der Waals surface area (Å²) in [5.74, 6) is -0.709. The fraction of sp³-hybridized carbons (Fsp3) is 0.588. The zero-order chi connectivity index (χ0) is 17.7. The van der Waals surface area contributed by atoms with Crippen molar-refractivity contribution in [3.05, 3.63) is 24.3 Å². The Labute approximate surface area is 140 Å². The van der Waals surface area contributed by atoms with Gasteiger partial charge in [0.15, 0.2) is 0 Å². The maximum absolute atomic E-state index is 12.4. The lowest BCUT2D eigenvalue weighted by atomic mass is 10.0. The molecule has 7 heteroatoms. The van der Waals surface area contributed by atoms with Crippen molar-refractivity contribution >= 4 is 17.3 Å². The van der Waals surface area contributed by atoms with Crippen LogP contribution < -0.4 is 15.5 Å². The minimum absolute atomic E-state index is 0.253. The first-order chi connectivity index (χ1) is 11.3. The molecular weight excluding hydrogens is 319 g/mol. The van der Waals surface area contributed by atoms with Gasteiger partial charge >= 0.3 is 6.18 Å². The number of halogens is 3. The Hall–Kier alpha value is -1.76. The SMILES string of the molecule is CC(C)[C@H](NCC(F)(F)F)C(=O)Nc1ccc(N2CCCC2)cc1. The number of anilines is 2. The normalized spacial score (nSPS) is 16.5. The predicted octanol–water partition coefficient (Wildman–Crippen LogP) is 3.40. The third kappa shape index (κ3) is 5.40. The number of amides is 1. The number of carbonyl (C=O) groups excluding carboxylic acids is 1. The molecule has 1 aliphatic heterocycles. The van der Waals surface area contributed by atoms with Gasteiger partial charge in [-0.25, -0.2) is 0 Å². The molecule has 0 aliphatic carbocycles. The van der Waals surface area contributed by atoms with Crippen LogP contribution in [0.4, 0.5) is 24.5 Å². The van der Waals surface area contributed by atoms with Gasteiger partial charge in [0.2, 0.25) is 5.91 Å². The van der Waals surface area contributed by atoms with Crippen molar-refractivity contribution in [2.75, 3.05) is 29.9 Å². The fourth-order valence-electron chi connectivity index (χ4n) is 2.81. The fourth-order valence-corrected chi connectivity index (χ4v) is 2.81. The number of benzene rings is 1. The molecule has 0 aromatic heterocycles. The van der Waals surface area contributed by atoms with Gasteiger partial charge in [-0.15, -0.1) is 0 Å². The van der Waals surface area contributed by atoms with E-state index >= 15 is 0 Å². The predicted molar refractivity (Wildman–Crippen MR) is 89.2 cm³/mol. The maximum Gasteiger partial charge on any atom is 0.401 e.